The number of imidazole rings is 1. The number of hydrogen-bond acceptors (Lipinski definition) is 2. The molecule has 0 saturated heterocycles. The summed E-state index contributed by atoms with van der Waals surface area (Å²) in [5.74, 6) is -0.798. The van der Waals surface area contributed by atoms with Crippen LogP contribution in [0.1, 0.15) is 6.42 Å². The van der Waals surface area contributed by atoms with Crippen LogP contribution in [-0.2, 0) is 11.3 Å². The smallest absolute Gasteiger partial charge is 0.305 e. The minimum atomic E-state index is -0.798. The van der Waals surface area contributed by atoms with Gasteiger partial charge in [-0.25, -0.2) is 4.98 Å². The summed E-state index contributed by atoms with van der Waals surface area (Å²) >= 11 is 0. The molecule has 1 rings (SSSR count). The zero-order chi connectivity index (χ0) is 7.40. The van der Waals surface area contributed by atoms with Crippen molar-refractivity contribution in [2.24, 2.45) is 0 Å². The van der Waals surface area contributed by atoms with E-state index in [0.29, 0.717) is 6.54 Å². The number of aliphatic carboxylic acids is 1. The third kappa shape index (κ3) is 1.89. The molecule has 0 amide bonds. The second kappa shape index (κ2) is 3.00. The summed E-state index contributed by atoms with van der Waals surface area (Å²) < 4.78 is 1.67. The van der Waals surface area contributed by atoms with E-state index in [0.717, 1.165) is 0 Å². The molecule has 10 heavy (non-hydrogen) atoms. The van der Waals surface area contributed by atoms with E-state index < -0.39 is 5.97 Å². The largest absolute Gasteiger partial charge is 0.481 e. The van der Waals surface area contributed by atoms with Crippen molar-refractivity contribution >= 4 is 5.97 Å². The number of aryl methyl sites for hydroxylation is 1. The predicted octanol–water partition coefficient (Wildman–Crippen LogP) is 0.158. The first kappa shape index (κ1) is 6.80. The Hall–Kier alpha value is -1.32. The SMILES string of the molecule is O=C(O)CCn1c[c]nc1. The minimum absolute atomic E-state index is 0.129. The first-order chi connectivity index (χ1) is 4.79. The zero-order valence-corrected chi connectivity index (χ0v) is 5.32. The molecule has 0 aromatic carbocycles. The average molecular weight is 139 g/mol. The van der Waals surface area contributed by atoms with Crippen molar-refractivity contribution < 1.29 is 9.90 Å². The lowest BCUT2D eigenvalue weighted by atomic mass is 10.4. The van der Waals surface area contributed by atoms with E-state index in [1.165, 1.54) is 0 Å². The van der Waals surface area contributed by atoms with Crippen LogP contribution in [0.25, 0.3) is 0 Å². The van der Waals surface area contributed by atoms with E-state index >= 15 is 0 Å². The van der Waals surface area contributed by atoms with Crippen LogP contribution in [0.2, 0.25) is 0 Å². The van der Waals surface area contributed by atoms with Crippen LogP contribution in [0.5, 0.6) is 0 Å². The van der Waals surface area contributed by atoms with Gasteiger partial charge < -0.3 is 9.67 Å². The van der Waals surface area contributed by atoms with Gasteiger partial charge in [0.15, 0.2) is 0 Å². The Morgan fingerprint density at radius 1 is 1.80 bits per heavy atom. The minimum Gasteiger partial charge on any atom is -0.481 e. The Balaban J connectivity index is 2.35. The van der Waals surface area contributed by atoms with Gasteiger partial charge in [0.2, 0.25) is 0 Å². The number of carboxylic acids is 1. The Labute approximate surface area is 58.1 Å². The zero-order valence-electron chi connectivity index (χ0n) is 5.32. The van der Waals surface area contributed by atoms with Crippen molar-refractivity contribution in [3.63, 3.8) is 0 Å². The quantitative estimate of drug-likeness (QED) is 0.648. The molecule has 1 radical (unpaired) electrons. The Bertz CT molecular complexity index is 206. The number of hydrogen-bond donors (Lipinski definition) is 1. The van der Waals surface area contributed by atoms with Gasteiger partial charge in [0.25, 0.3) is 0 Å². The van der Waals surface area contributed by atoms with Gasteiger partial charge in [-0.3, -0.25) is 4.79 Å². The topological polar surface area (TPSA) is 55.1 Å². The maximum Gasteiger partial charge on any atom is 0.305 e. The van der Waals surface area contributed by atoms with Crippen LogP contribution in [-0.4, -0.2) is 20.6 Å². The fraction of sp³-hybridized carbons (Fsp3) is 0.333. The molecule has 0 aliphatic heterocycles. The fourth-order valence-corrected chi connectivity index (χ4v) is 0.595. The predicted molar refractivity (Wildman–Crippen MR) is 33.3 cm³/mol. The molecular formula is C6H7N2O2. The third-order valence-electron chi connectivity index (χ3n) is 1.09. The molecule has 1 aromatic rings. The monoisotopic (exact) mass is 139 g/mol. The van der Waals surface area contributed by atoms with Crippen molar-refractivity contribution in [1.29, 1.82) is 0 Å². The van der Waals surface area contributed by atoms with Crippen LogP contribution in [0.4, 0.5) is 0 Å². The molecule has 1 N–H and O–H groups in total. The average Bonchev–Trinajstić information content (AvgIpc) is 2.34. The maximum absolute atomic E-state index is 10.1. The van der Waals surface area contributed by atoms with Gasteiger partial charge >= 0.3 is 5.97 Å². The summed E-state index contributed by atoms with van der Waals surface area (Å²) in [6, 6.07) is 0. The number of carboxylic acid groups (broad SMARTS) is 1. The van der Waals surface area contributed by atoms with Crippen LogP contribution < -0.4 is 0 Å². The molecule has 1 aromatic heterocycles. The second-order valence-electron chi connectivity index (χ2n) is 1.88. The summed E-state index contributed by atoms with van der Waals surface area (Å²) in [6.07, 6.45) is 5.86. The highest BCUT2D eigenvalue weighted by Gasteiger charge is 1.95. The van der Waals surface area contributed by atoms with Gasteiger partial charge in [0.05, 0.1) is 12.7 Å². The Kier molecular flexibility index (Phi) is 2.04. The number of carbonyl (C=O) groups is 1. The summed E-state index contributed by atoms with van der Waals surface area (Å²) in [7, 11) is 0. The molecular weight excluding hydrogens is 132 g/mol. The molecule has 0 spiro atoms. The number of aromatic nitrogens is 2. The van der Waals surface area contributed by atoms with Gasteiger partial charge in [-0.15, -0.1) is 0 Å². The first-order valence-corrected chi connectivity index (χ1v) is 2.88. The van der Waals surface area contributed by atoms with Gasteiger partial charge in [0, 0.05) is 12.7 Å². The molecule has 4 nitrogen and oxygen atoms in total. The molecule has 0 aliphatic carbocycles. The molecule has 0 fully saturated rings. The van der Waals surface area contributed by atoms with E-state index in [1.807, 2.05) is 0 Å². The summed E-state index contributed by atoms with van der Waals surface area (Å²) in [4.78, 5) is 13.7. The number of nitrogens with zero attached hydrogens (tertiary/aromatic N) is 2. The molecule has 1 heterocycles. The second-order valence-corrected chi connectivity index (χ2v) is 1.88. The highest BCUT2D eigenvalue weighted by atomic mass is 16.4. The van der Waals surface area contributed by atoms with Gasteiger partial charge in [-0.1, -0.05) is 0 Å². The van der Waals surface area contributed by atoms with E-state index in [-0.39, 0.29) is 6.42 Å². The lowest BCUT2D eigenvalue weighted by molar-refractivity contribution is -0.137. The van der Waals surface area contributed by atoms with Gasteiger partial charge in [0.1, 0.15) is 6.20 Å². The van der Waals surface area contributed by atoms with Crippen LogP contribution >= 0.6 is 0 Å². The molecule has 0 bridgehead atoms. The third-order valence-corrected chi connectivity index (χ3v) is 1.09. The van der Waals surface area contributed by atoms with Crippen LogP contribution in [0, 0.1) is 6.20 Å². The van der Waals surface area contributed by atoms with Crippen molar-refractivity contribution in [3.8, 4) is 0 Å². The highest BCUT2D eigenvalue weighted by Crippen LogP contribution is 1.88. The van der Waals surface area contributed by atoms with E-state index in [2.05, 4.69) is 11.2 Å². The molecule has 4 heteroatoms. The molecule has 0 unspecified atom stereocenters. The molecule has 0 saturated carbocycles. The van der Waals surface area contributed by atoms with Crippen molar-refractivity contribution in [2.75, 3.05) is 0 Å². The van der Waals surface area contributed by atoms with Gasteiger partial charge in [-0.2, -0.15) is 0 Å². The summed E-state index contributed by atoms with van der Waals surface area (Å²) in [6.45, 7) is 0.464. The first-order valence-electron chi connectivity index (χ1n) is 2.88. The van der Waals surface area contributed by atoms with Crippen molar-refractivity contribution in [3.05, 3.63) is 18.7 Å². The highest BCUT2D eigenvalue weighted by molar-refractivity contribution is 5.66. The Morgan fingerprint density at radius 2 is 2.60 bits per heavy atom. The summed E-state index contributed by atoms with van der Waals surface area (Å²) in [5.41, 5.74) is 0. The van der Waals surface area contributed by atoms with E-state index in [1.54, 1.807) is 17.1 Å². The van der Waals surface area contributed by atoms with Crippen molar-refractivity contribution in [2.45, 2.75) is 13.0 Å². The lowest BCUT2D eigenvalue weighted by Gasteiger charge is -1.95. The standard InChI is InChI=1S/C6H7N2O2/c9-6(10)1-3-8-4-2-7-5-8/h4-5H,1,3H2,(H,9,10). The molecule has 0 atom stereocenters. The van der Waals surface area contributed by atoms with Crippen molar-refractivity contribution in [1.82, 2.24) is 9.55 Å². The maximum atomic E-state index is 10.1. The summed E-state index contributed by atoms with van der Waals surface area (Å²) in [5, 5.41) is 8.27. The number of rotatable bonds is 3. The van der Waals surface area contributed by atoms with Crippen LogP contribution in [0.3, 0.4) is 0 Å². The normalized spacial score (nSPS) is 9.60. The van der Waals surface area contributed by atoms with Crippen LogP contribution in [0.15, 0.2) is 12.5 Å². The van der Waals surface area contributed by atoms with E-state index in [4.69, 9.17) is 5.11 Å². The fourth-order valence-electron chi connectivity index (χ4n) is 0.595. The molecule has 0 aliphatic rings. The van der Waals surface area contributed by atoms with E-state index in [9.17, 15) is 4.79 Å². The Morgan fingerprint density at radius 3 is 3.10 bits per heavy atom. The lowest BCUT2D eigenvalue weighted by Crippen LogP contribution is -2.02. The van der Waals surface area contributed by atoms with Gasteiger partial charge in [-0.05, 0) is 0 Å². The molecule has 53 valence electrons.